The lowest BCUT2D eigenvalue weighted by molar-refractivity contribution is 0.388. The average molecular weight is 391 g/mol. The van der Waals surface area contributed by atoms with Crippen LogP contribution < -0.4 is 10.3 Å². The minimum Gasteiger partial charge on any atom is -0.369 e. The summed E-state index contributed by atoms with van der Waals surface area (Å²) in [5.74, 6) is -0.893. The zero-order chi connectivity index (χ0) is 19.2. The highest BCUT2D eigenvalue weighted by molar-refractivity contribution is 7.88. The summed E-state index contributed by atoms with van der Waals surface area (Å²) in [6.07, 6.45) is 4.20. The first-order valence-corrected chi connectivity index (χ1v) is 10.2. The van der Waals surface area contributed by atoms with E-state index in [9.17, 15) is 17.6 Å². The number of nitrogens with one attached hydrogen (secondary N) is 1. The number of halogens is 1. The smallest absolute Gasteiger partial charge is 0.219 e. The van der Waals surface area contributed by atoms with Gasteiger partial charge in [0.05, 0.1) is 18.0 Å². The number of aromatic amines is 1. The molecule has 0 spiro atoms. The fourth-order valence-electron chi connectivity index (χ4n) is 3.28. The maximum absolute atomic E-state index is 14.1. The van der Waals surface area contributed by atoms with Crippen LogP contribution in [0.15, 0.2) is 41.5 Å². The highest BCUT2D eigenvalue weighted by Crippen LogP contribution is 2.25. The number of fused-ring (bicyclic) bond motifs is 1. The van der Waals surface area contributed by atoms with Crippen molar-refractivity contribution in [2.45, 2.75) is 0 Å². The summed E-state index contributed by atoms with van der Waals surface area (Å²) in [5.41, 5.74) is 0.902. The standard InChI is InChI=1S/C17H18FN5O3S/c1-27(25,26)22-8-6-21(7-9-22)13-2-3-14-12(10-13)11-20-23(14)17-16(18)15(24)4-5-19-17/h2-5,10-11H,6-9H2,1H3,(H,19,24). The molecule has 0 amide bonds. The quantitative estimate of drug-likeness (QED) is 0.717. The molecule has 0 atom stereocenters. The van der Waals surface area contributed by atoms with Gasteiger partial charge < -0.3 is 9.88 Å². The molecule has 0 unspecified atom stereocenters. The third-order valence-electron chi connectivity index (χ3n) is 4.72. The Kier molecular flexibility index (Phi) is 4.23. The van der Waals surface area contributed by atoms with Gasteiger partial charge in [-0.3, -0.25) is 4.79 Å². The van der Waals surface area contributed by atoms with Crippen molar-refractivity contribution in [1.82, 2.24) is 19.1 Å². The minimum absolute atomic E-state index is 0.00739. The van der Waals surface area contributed by atoms with Crippen molar-refractivity contribution in [1.29, 1.82) is 0 Å². The van der Waals surface area contributed by atoms with Crippen LogP contribution in [-0.4, -0.2) is 59.9 Å². The Morgan fingerprint density at radius 2 is 1.89 bits per heavy atom. The predicted molar refractivity (Wildman–Crippen MR) is 100 cm³/mol. The summed E-state index contributed by atoms with van der Waals surface area (Å²) in [6.45, 7) is 2.06. The van der Waals surface area contributed by atoms with Gasteiger partial charge in [-0.2, -0.15) is 13.8 Å². The zero-order valence-electron chi connectivity index (χ0n) is 14.6. The number of anilines is 1. The van der Waals surface area contributed by atoms with Crippen LogP contribution in [0.3, 0.4) is 0 Å². The Bertz CT molecular complexity index is 1160. The number of benzene rings is 1. The molecule has 0 radical (unpaired) electrons. The molecule has 0 bridgehead atoms. The number of hydrogen-bond donors (Lipinski definition) is 1. The number of H-pyrrole nitrogens is 1. The highest BCUT2D eigenvalue weighted by atomic mass is 32.2. The van der Waals surface area contributed by atoms with Crippen molar-refractivity contribution in [2.75, 3.05) is 37.3 Å². The molecule has 4 rings (SSSR count). The van der Waals surface area contributed by atoms with E-state index in [0.29, 0.717) is 31.7 Å². The van der Waals surface area contributed by atoms with Gasteiger partial charge in [0, 0.05) is 49.5 Å². The first-order chi connectivity index (χ1) is 12.8. The van der Waals surface area contributed by atoms with Crippen LogP contribution in [0.2, 0.25) is 0 Å². The van der Waals surface area contributed by atoms with Gasteiger partial charge in [0.25, 0.3) is 0 Å². The Morgan fingerprint density at radius 3 is 2.59 bits per heavy atom. The van der Waals surface area contributed by atoms with E-state index in [1.54, 1.807) is 6.20 Å². The Balaban J connectivity index is 1.64. The van der Waals surface area contributed by atoms with Gasteiger partial charge in [0.1, 0.15) is 0 Å². The van der Waals surface area contributed by atoms with E-state index < -0.39 is 21.3 Å². The molecule has 0 saturated carbocycles. The summed E-state index contributed by atoms with van der Waals surface area (Å²) >= 11 is 0. The number of pyridine rings is 1. The Morgan fingerprint density at radius 1 is 1.15 bits per heavy atom. The Labute approximate surface area is 154 Å². The van der Waals surface area contributed by atoms with Crippen molar-refractivity contribution in [2.24, 2.45) is 0 Å². The van der Waals surface area contributed by atoms with Gasteiger partial charge in [-0.05, 0) is 18.2 Å². The van der Waals surface area contributed by atoms with Crippen molar-refractivity contribution >= 4 is 26.6 Å². The molecule has 1 aliphatic heterocycles. The number of sulfonamides is 1. The molecule has 1 N–H and O–H groups in total. The maximum atomic E-state index is 14.1. The molecule has 27 heavy (non-hydrogen) atoms. The number of hydrogen-bond acceptors (Lipinski definition) is 5. The molecule has 1 aromatic carbocycles. The van der Waals surface area contributed by atoms with E-state index in [2.05, 4.69) is 15.0 Å². The van der Waals surface area contributed by atoms with Crippen LogP contribution in [0, 0.1) is 5.82 Å². The molecule has 3 heterocycles. The molecule has 2 aromatic heterocycles. The summed E-state index contributed by atoms with van der Waals surface area (Å²) in [4.78, 5) is 16.4. The van der Waals surface area contributed by atoms with Gasteiger partial charge >= 0.3 is 0 Å². The normalized spacial score (nSPS) is 16.1. The van der Waals surface area contributed by atoms with Crippen LogP contribution in [0.1, 0.15) is 0 Å². The second-order valence-electron chi connectivity index (χ2n) is 6.45. The van der Waals surface area contributed by atoms with Gasteiger partial charge in [0.15, 0.2) is 5.82 Å². The van der Waals surface area contributed by atoms with Crippen LogP contribution in [0.25, 0.3) is 16.7 Å². The molecular formula is C17H18FN5O3S. The highest BCUT2D eigenvalue weighted by Gasteiger charge is 2.24. The van der Waals surface area contributed by atoms with Gasteiger partial charge in [0.2, 0.25) is 21.3 Å². The van der Waals surface area contributed by atoms with Crippen LogP contribution >= 0.6 is 0 Å². The molecule has 1 fully saturated rings. The number of piperazine rings is 1. The van der Waals surface area contributed by atoms with Gasteiger partial charge in [-0.1, -0.05) is 0 Å². The topological polar surface area (TPSA) is 91.3 Å². The maximum Gasteiger partial charge on any atom is 0.219 e. The van der Waals surface area contributed by atoms with E-state index >= 15 is 0 Å². The monoisotopic (exact) mass is 391 g/mol. The fourth-order valence-corrected chi connectivity index (χ4v) is 4.10. The molecule has 0 aliphatic carbocycles. The van der Waals surface area contributed by atoms with E-state index in [0.717, 1.165) is 17.1 Å². The average Bonchev–Trinajstić information content (AvgIpc) is 3.06. The molecule has 8 nitrogen and oxygen atoms in total. The second kappa shape index (κ2) is 6.46. The predicted octanol–water partition coefficient (Wildman–Crippen LogP) is 0.935. The van der Waals surface area contributed by atoms with Crippen LogP contribution in [-0.2, 0) is 10.0 Å². The molecule has 10 heteroatoms. The zero-order valence-corrected chi connectivity index (χ0v) is 15.4. The molecule has 1 aliphatic rings. The minimum atomic E-state index is -3.17. The lowest BCUT2D eigenvalue weighted by Crippen LogP contribution is -2.48. The van der Waals surface area contributed by atoms with Gasteiger partial charge in [-0.15, -0.1) is 0 Å². The van der Waals surface area contributed by atoms with Crippen molar-refractivity contribution < 1.29 is 12.8 Å². The number of nitrogens with zero attached hydrogens (tertiary/aromatic N) is 4. The molecular weight excluding hydrogens is 373 g/mol. The fraction of sp³-hybridized carbons (Fsp3) is 0.294. The van der Waals surface area contributed by atoms with Gasteiger partial charge in [-0.25, -0.2) is 13.1 Å². The summed E-state index contributed by atoms with van der Waals surface area (Å²) in [7, 11) is -3.17. The summed E-state index contributed by atoms with van der Waals surface area (Å²) < 4.78 is 40.2. The first kappa shape index (κ1) is 17.7. The molecule has 3 aromatic rings. The summed E-state index contributed by atoms with van der Waals surface area (Å²) in [6, 6.07) is 6.74. The number of rotatable bonds is 3. The van der Waals surface area contributed by atoms with E-state index in [-0.39, 0.29) is 5.82 Å². The molecule has 142 valence electrons. The SMILES string of the molecule is CS(=O)(=O)N1CCN(c2ccc3c(cnn3-c3[nH]ccc(=O)c3F)c2)CC1. The number of aromatic nitrogens is 3. The van der Waals surface area contributed by atoms with Crippen LogP contribution in [0.5, 0.6) is 0 Å². The lowest BCUT2D eigenvalue weighted by Gasteiger charge is -2.34. The van der Waals surface area contributed by atoms with E-state index in [1.165, 1.54) is 21.4 Å². The van der Waals surface area contributed by atoms with E-state index in [4.69, 9.17) is 0 Å². The lowest BCUT2D eigenvalue weighted by atomic mass is 10.2. The third-order valence-corrected chi connectivity index (χ3v) is 6.02. The van der Waals surface area contributed by atoms with E-state index in [1.807, 2.05) is 18.2 Å². The summed E-state index contributed by atoms with van der Waals surface area (Å²) in [5, 5.41) is 4.99. The second-order valence-corrected chi connectivity index (χ2v) is 8.44. The van der Waals surface area contributed by atoms with Crippen LogP contribution in [0.4, 0.5) is 10.1 Å². The van der Waals surface area contributed by atoms with Crippen molar-refractivity contribution in [3.8, 4) is 5.82 Å². The van der Waals surface area contributed by atoms with Crippen molar-refractivity contribution in [3.05, 3.63) is 52.7 Å². The molecule has 1 saturated heterocycles. The third kappa shape index (κ3) is 3.21. The largest absolute Gasteiger partial charge is 0.369 e. The first-order valence-electron chi connectivity index (χ1n) is 8.40. The van der Waals surface area contributed by atoms with Crippen molar-refractivity contribution in [3.63, 3.8) is 0 Å². The Hall–Kier alpha value is -2.72.